The zero-order valence-electron chi connectivity index (χ0n) is 7.28. The molecule has 0 nitrogen and oxygen atoms in total. The molecule has 0 radical (unpaired) electrons. The van der Waals surface area contributed by atoms with E-state index in [1.165, 1.54) is 12.1 Å². The van der Waals surface area contributed by atoms with Gasteiger partial charge < -0.3 is 0 Å². The summed E-state index contributed by atoms with van der Waals surface area (Å²) in [7, 11) is 0. The van der Waals surface area contributed by atoms with Crippen LogP contribution in [0.5, 0.6) is 0 Å². The van der Waals surface area contributed by atoms with Gasteiger partial charge >= 0.3 is 5.92 Å². The largest absolute Gasteiger partial charge is 0.318 e. The molecule has 0 amide bonds. The first-order chi connectivity index (χ1) is 6.84. The van der Waals surface area contributed by atoms with Gasteiger partial charge in [-0.25, -0.2) is 8.78 Å². The molecule has 0 aliphatic heterocycles. The second kappa shape index (κ2) is 2.98. The maximum atomic E-state index is 13.3. The monoisotopic (exact) mass is 236 g/mol. The highest BCUT2D eigenvalue weighted by atomic mass is 35.5. The number of alkyl halides is 4. The van der Waals surface area contributed by atoms with Crippen LogP contribution in [0.1, 0.15) is 5.56 Å². The van der Waals surface area contributed by atoms with Gasteiger partial charge in [0.2, 0.25) is 0 Å². The Morgan fingerprint density at radius 1 is 1.00 bits per heavy atom. The van der Waals surface area contributed by atoms with Crippen molar-refractivity contribution in [3.05, 3.63) is 41.7 Å². The summed E-state index contributed by atoms with van der Waals surface area (Å²) in [6, 6.07) is 4.51. The maximum absolute atomic E-state index is 13.3. The fraction of sp³-hybridized carbons (Fsp3) is 0.200. The van der Waals surface area contributed by atoms with E-state index >= 15 is 0 Å². The van der Waals surface area contributed by atoms with Gasteiger partial charge in [-0.05, 0) is 23.8 Å². The second-order valence-electron chi connectivity index (χ2n) is 3.26. The smallest absolute Gasteiger partial charge is 0.214 e. The molecule has 0 saturated heterocycles. The van der Waals surface area contributed by atoms with E-state index in [9.17, 15) is 17.6 Å². The van der Waals surface area contributed by atoms with Crippen LogP contribution in [0.4, 0.5) is 17.6 Å². The van der Waals surface area contributed by atoms with Gasteiger partial charge in [-0.15, -0.1) is 0 Å². The van der Waals surface area contributed by atoms with Crippen LogP contribution in [0.3, 0.4) is 0 Å². The molecule has 1 aromatic rings. The normalized spacial score (nSPS) is 28.2. The van der Waals surface area contributed by atoms with Crippen LogP contribution >= 0.6 is 11.6 Å². The highest BCUT2D eigenvalue weighted by molar-refractivity contribution is 6.32. The van der Waals surface area contributed by atoms with Crippen molar-refractivity contribution >= 4 is 17.2 Å². The number of hydrogen-bond donors (Lipinski definition) is 0. The Labute approximate surface area is 88.2 Å². The van der Waals surface area contributed by atoms with E-state index in [1.54, 1.807) is 0 Å². The van der Waals surface area contributed by atoms with E-state index in [4.69, 9.17) is 11.6 Å². The van der Waals surface area contributed by atoms with E-state index in [0.29, 0.717) is 6.08 Å². The lowest BCUT2D eigenvalue weighted by Gasteiger charge is -2.36. The average molecular weight is 237 g/mol. The highest BCUT2D eigenvalue weighted by Gasteiger charge is 2.63. The van der Waals surface area contributed by atoms with Crippen molar-refractivity contribution in [2.24, 2.45) is 0 Å². The van der Waals surface area contributed by atoms with Crippen LogP contribution in [0.15, 0.2) is 30.3 Å². The molecule has 0 saturated carbocycles. The minimum absolute atomic E-state index is 0.153. The molecule has 1 aromatic carbocycles. The minimum atomic E-state index is -3.67. The fourth-order valence-corrected chi connectivity index (χ4v) is 1.58. The zero-order valence-corrected chi connectivity index (χ0v) is 8.03. The molecule has 1 aliphatic rings. The Balaban J connectivity index is 2.40. The Morgan fingerprint density at radius 3 is 1.93 bits per heavy atom. The average Bonchev–Trinajstić information content (AvgIpc) is 2.16. The Bertz CT molecular complexity index is 420. The summed E-state index contributed by atoms with van der Waals surface area (Å²) in [5.74, 6) is -4.19. The molecule has 80 valence electrons. The molecule has 0 bridgehead atoms. The lowest BCUT2D eigenvalue weighted by molar-refractivity contribution is -0.0425. The number of benzene rings is 1. The summed E-state index contributed by atoms with van der Waals surface area (Å²) < 4.78 is 51.2. The van der Waals surface area contributed by atoms with Crippen LogP contribution in [-0.4, -0.2) is 11.1 Å². The van der Waals surface area contributed by atoms with Gasteiger partial charge in [0.05, 0.1) is 0 Å². The quantitative estimate of drug-likeness (QED) is 0.514. The second-order valence-corrected chi connectivity index (χ2v) is 3.78. The lowest BCUT2D eigenvalue weighted by Crippen LogP contribution is -2.47. The Morgan fingerprint density at radius 2 is 1.53 bits per heavy atom. The number of allylic oxidation sites excluding steroid dienone is 2. The van der Waals surface area contributed by atoms with Crippen LogP contribution in [0.25, 0.3) is 5.57 Å². The maximum Gasteiger partial charge on any atom is 0.318 e. The molecule has 0 N–H and O–H groups in total. The zero-order chi connectivity index (χ0) is 11.3. The third kappa shape index (κ3) is 1.44. The van der Waals surface area contributed by atoms with Gasteiger partial charge in [0.1, 0.15) is 5.82 Å². The third-order valence-corrected chi connectivity index (χ3v) is 2.69. The molecular formula is C10H5ClF4. The fourth-order valence-electron chi connectivity index (χ4n) is 1.36. The minimum Gasteiger partial charge on any atom is -0.214 e. The highest BCUT2D eigenvalue weighted by Crippen LogP contribution is 2.55. The molecule has 5 heteroatoms. The van der Waals surface area contributed by atoms with Crippen LogP contribution < -0.4 is 0 Å². The van der Waals surface area contributed by atoms with E-state index in [1.807, 2.05) is 0 Å². The van der Waals surface area contributed by atoms with E-state index in [2.05, 4.69) is 0 Å². The standard InChI is InChI=1S/C10H5ClF4/c11-10(15)8(5-9(10,13)14)6-1-3-7(12)4-2-6/h1-5H. The summed E-state index contributed by atoms with van der Waals surface area (Å²) in [5.41, 5.74) is -0.172. The van der Waals surface area contributed by atoms with Gasteiger partial charge in [-0.2, -0.15) is 8.78 Å². The Hall–Kier alpha value is -1.03. The number of halogens is 5. The molecule has 0 fully saturated rings. The van der Waals surface area contributed by atoms with Crippen molar-refractivity contribution in [3.8, 4) is 0 Å². The molecule has 2 rings (SSSR count). The van der Waals surface area contributed by atoms with Gasteiger partial charge in [0, 0.05) is 5.57 Å². The third-order valence-electron chi connectivity index (χ3n) is 2.24. The molecule has 15 heavy (non-hydrogen) atoms. The Kier molecular flexibility index (Phi) is 2.08. The van der Waals surface area contributed by atoms with Gasteiger partial charge in [-0.1, -0.05) is 23.7 Å². The SMILES string of the molecule is Fc1ccc(C2=CC(F)(F)C2(F)Cl)cc1. The number of hydrogen-bond acceptors (Lipinski definition) is 0. The van der Waals surface area contributed by atoms with E-state index < -0.39 is 16.9 Å². The first kappa shape index (κ1) is 10.5. The predicted molar refractivity (Wildman–Crippen MR) is 49.0 cm³/mol. The van der Waals surface area contributed by atoms with Crippen molar-refractivity contribution < 1.29 is 17.6 Å². The van der Waals surface area contributed by atoms with Crippen LogP contribution in [-0.2, 0) is 0 Å². The predicted octanol–water partition coefficient (Wildman–Crippen LogP) is 3.76. The van der Waals surface area contributed by atoms with E-state index in [-0.39, 0.29) is 11.1 Å². The number of rotatable bonds is 1. The molecule has 1 atom stereocenters. The van der Waals surface area contributed by atoms with E-state index in [0.717, 1.165) is 12.1 Å². The lowest BCUT2D eigenvalue weighted by atomic mass is 9.86. The molecule has 0 spiro atoms. The summed E-state index contributed by atoms with van der Waals surface area (Å²) in [6.45, 7) is 0. The van der Waals surface area contributed by atoms with Gasteiger partial charge in [0.15, 0.2) is 0 Å². The van der Waals surface area contributed by atoms with Crippen LogP contribution in [0.2, 0.25) is 0 Å². The van der Waals surface area contributed by atoms with Crippen molar-refractivity contribution in [2.75, 3.05) is 0 Å². The summed E-state index contributed by atoms with van der Waals surface area (Å²) in [5, 5.41) is -3.19. The summed E-state index contributed by atoms with van der Waals surface area (Å²) in [4.78, 5) is 0. The molecule has 1 unspecified atom stereocenters. The molecule has 0 aromatic heterocycles. The molecular weight excluding hydrogens is 232 g/mol. The summed E-state index contributed by atoms with van der Waals surface area (Å²) in [6.07, 6.45) is 0.438. The summed E-state index contributed by atoms with van der Waals surface area (Å²) >= 11 is 5.06. The van der Waals surface area contributed by atoms with Crippen molar-refractivity contribution in [3.63, 3.8) is 0 Å². The first-order valence-corrected chi connectivity index (χ1v) is 4.47. The molecule has 1 aliphatic carbocycles. The van der Waals surface area contributed by atoms with Gasteiger partial charge in [-0.3, -0.25) is 0 Å². The van der Waals surface area contributed by atoms with Crippen molar-refractivity contribution in [1.29, 1.82) is 0 Å². The first-order valence-electron chi connectivity index (χ1n) is 4.09. The van der Waals surface area contributed by atoms with Crippen molar-refractivity contribution in [2.45, 2.75) is 11.1 Å². The van der Waals surface area contributed by atoms with Crippen molar-refractivity contribution in [1.82, 2.24) is 0 Å². The molecule has 0 heterocycles. The van der Waals surface area contributed by atoms with Gasteiger partial charge in [0.25, 0.3) is 5.13 Å². The van der Waals surface area contributed by atoms with Crippen LogP contribution in [0, 0.1) is 5.82 Å². The topological polar surface area (TPSA) is 0 Å².